The Morgan fingerprint density at radius 2 is 1.88 bits per heavy atom. The van der Waals surface area contributed by atoms with E-state index in [1.807, 2.05) is 6.07 Å². The number of nitrogens with zero attached hydrogens (tertiary/aromatic N) is 6. The molecule has 3 aromatic heterocycles. The lowest BCUT2D eigenvalue weighted by Gasteiger charge is -2.05. The highest BCUT2D eigenvalue weighted by atomic mass is 16.6. The molecule has 0 bridgehead atoms. The first-order valence-electron chi connectivity index (χ1n) is 9.57. The Morgan fingerprint density at radius 3 is 2.67 bits per heavy atom. The molecule has 0 atom stereocenters. The number of para-hydroxylation sites is 1. The number of anilines is 1. The van der Waals surface area contributed by atoms with Crippen molar-refractivity contribution in [3.05, 3.63) is 82.3 Å². The van der Waals surface area contributed by atoms with Crippen LogP contribution in [0.3, 0.4) is 0 Å². The van der Waals surface area contributed by atoms with E-state index in [-0.39, 0.29) is 28.3 Å². The zero-order valence-electron chi connectivity index (χ0n) is 16.7. The molecule has 0 spiro atoms. The third-order valence-corrected chi connectivity index (χ3v) is 4.71. The van der Waals surface area contributed by atoms with Gasteiger partial charge in [-0.2, -0.15) is 9.78 Å². The van der Waals surface area contributed by atoms with Crippen LogP contribution in [0.2, 0.25) is 0 Å². The van der Waals surface area contributed by atoms with Gasteiger partial charge in [-0.25, -0.2) is 10.1 Å². The van der Waals surface area contributed by atoms with E-state index in [4.69, 9.17) is 10.2 Å². The van der Waals surface area contributed by atoms with Crippen LogP contribution in [0.25, 0.3) is 28.0 Å². The predicted molar refractivity (Wildman–Crippen MR) is 117 cm³/mol. The van der Waals surface area contributed by atoms with Crippen LogP contribution < -0.4 is 16.6 Å². The van der Waals surface area contributed by atoms with Crippen LogP contribution in [0.4, 0.5) is 5.82 Å². The molecule has 0 saturated heterocycles. The molecule has 0 unspecified atom stereocenters. The number of nitrogens with two attached hydrogens (primary N) is 1. The van der Waals surface area contributed by atoms with Crippen molar-refractivity contribution >= 4 is 28.9 Å². The number of rotatable bonds is 5. The van der Waals surface area contributed by atoms with Crippen LogP contribution >= 0.6 is 0 Å². The Morgan fingerprint density at radius 1 is 1.09 bits per heavy atom. The number of hydrogen-bond acceptors (Lipinski definition) is 10. The number of carbonyl (C=O) groups is 1. The number of hydrogen-bond donors (Lipinski definition) is 2. The van der Waals surface area contributed by atoms with E-state index in [0.717, 1.165) is 0 Å². The molecule has 12 nitrogen and oxygen atoms in total. The molecule has 162 valence electrons. The fourth-order valence-electron chi connectivity index (χ4n) is 3.17. The largest absolute Gasteiger partial charge is 0.463 e. The molecule has 0 aliphatic heterocycles. The fourth-order valence-corrected chi connectivity index (χ4v) is 3.17. The first-order chi connectivity index (χ1) is 16.1. The SMILES string of the molecule is Nc1nonc1-n1nnc(C(=O)N/N=C/c2coc3ccccc3c2=O)c1-c1ccccc1. The monoisotopic (exact) mass is 442 g/mol. The van der Waals surface area contributed by atoms with E-state index in [1.54, 1.807) is 48.5 Å². The van der Waals surface area contributed by atoms with Gasteiger partial charge < -0.3 is 10.2 Å². The molecule has 0 fully saturated rings. The molecule has 0 aliphatic carbocycles. The molecule has 2 aromatic carbocycles. The molecule has 5 aromatic rings. The Kier molecular flexibility index (Phi) is 4.91. The van der Waals surface area contributed by atoms with Crippen LogP contribution in [-0.2, 0) is 0 Å². The minimum atomic E-state index is -0.670. The summed E-state index contributed by atoms with van der Waals surface area (Å²) in [5.41, 5.74) is 9.35. The number of fused-ring (bicyclic) bond motifs is 1. The van der Waals surface area contributed by atoms with E-state index >= 15 is 0 Å². The number of nitrogens with one attached hydrogen (secondary N) is 1. The maximum absolute atomic E-state index is 12.9. The standard InChI is InChI=1S/C21H14N8O4/c22-19-20(27-33-26-19)29-17(12-6-2-1-3-7-12)16(24-28-29)21(31)25-23-10-13-11-32-15-9-5-4-8-14(15)18(13)30/h1-11H,(H2,22,26)(H,25,31)/b23-10+. The van der Waals surface area contributed by atoms with Crippen molar-refractivity contribution in [2.45, 2.75) is 0 Å². The van der Waals surface area contributed by atoms with Crippen molar-refractivity contribution < 1.29 is 13.8 Å². The summed E-state index contributed by atoms with van der Waals surface area (Å²) in [6, 6.07) is 15.7. The van der Waals surface area contributed by atoms with Gasteiger partial charge in [-0.1, -0.05) is 47.7 Å². The quantitative estimate of drug-likeness (QED) is 0.304. The van der Waals surface area contributed by atoms with Crippen LogP contribution in [0.1, 0.15) is 16.1 Å². The number of hydrazone groups is 1. The Bertz CT molecular complexity index is 1550. The van der Waals surface area contributed by atoms with E-state index in [9.17, 15) is 9.59 Å². The molecule has 0 aliphatic rings. The molecule has 0 saturated carbocycles. The summed E-state index contributed by atoms with van der Waals surface area (Å²) >= 11 is 0. The molecular weight excluding hydrogens is 428 g/mol. The van der Waals surface area contributed by atoms with Crippen LogP contribution in [0.5, 0.6) is 0 Å². The molecule has 5 rings (SSSR count). The summed E-state index contributed by atoms with van der Waals surface area (Å²) < 4.78 is 11.3. The molecular formula is C21H14N8O4. The molecule has 0 radical (unpaired) electrons. The highest BCUT2D eigenvalue weighted by Crippen LogP contribution is 2.26. The average Bonchev–Trinajstić information content (AvgIpc) is 3.47. The highest BCUT2D eigenvalue weighted by Gasteiger charge is 2.25. The maximum Gasteiger partial charge on any atom is 0.294 e. The van der Waals surface area contributed by atoms with Crippen molar-refractivity contribution in [3.63, 3.8) is 0 Å². The molecule has 3 heterocycles. The smallest absolute Gasteiger partial charge is 0.294 e. The van der Waals surface area contributed by atoms with Gasteiger partial charge in [0.2, 0.25) is 17.1 Å². The van der Waals surface area contributed by atoms with Gasteiger partial charge in [0.1, 0.15) is 17.5 Å². The summed E-state index contributed by atoms with van der Waals surface area (Å²) in [5, 5.41) is 19.5. The van der Waals surface area contributed by atoms with Crippen molar-refractivity contribution in [3.8, 4) is 17.1 Å². The topological polar surface area (TPSA) is 167 Å². The van der Waals surface area contributed by atoms with Gasteiger partial charge in [0, 0.05) is 5.56 Å². The average molecular weight is 442 g/mol. The normalized spacial score (nSPS) is 11.3. The minimum absolute atomic E-state index is 0.0231. The molecule has 12 heteroatoms. The maximum atomic E-state index is 12.9. The van der Waals surface area contributed by atoms with Crippen molar-refractivity contribution in [2.24, 2.45) is 5.10 Å². The van der Waals surface area contributed by atoms with Gasteiger partial charge in [0.25, 0.3) is 5.91 Å². The van der Waals surface area contributed by atoms with Crippen LogP contribution in [0.15, 0.2) is 79.8 Å². The first-order valence-corrected chi connectivity index (χ1v) is 9.57. The second-order valence-corrected chi connectivity index (χ2v) is 6.75. The van der Waals surface area contributed by atoms with Gasteiger partial charge in [0.15, 0.2) is 5.69 Å². The van der Waals surface area contributed by atoms with Gasteiger partial charge in [-0.3, -0.25) is 9.59 Å². The lowest BCUT2D eigenvalue weighted by Crippen LogP contribution is -2.20. The summed E-state index contributed by atoms with van der Waals surface area (Å²) in [6.45, 7) is 0. The summed E-state index contributed by atoms with van der Waals surface area (Å²) in [5.74, 6) is -0.612. The predicted octanol–water partition coefficient (Wildman–Crippen LogP) is 1.77. The lowest BCUT2D eigenvalue weighted by molar-refractivity contribution is 0.0950. The minimum Gasteiger partial charge on any atom is -0.463 e. The zero-order valence-corrected chi connectivity index (χ0v) is 16.7. The number of benzene rings is 2. The van der Waals surface area contributed by atoms with Gasteiger partial charge in [-0.15, -0.1) is 5.10 Å². The Labute approximate surface area is 184 Å². The molecule has 3 N–H and O–H groups in total. The highest BCUT2D eigenvalue weighted by molar-refractivity contribution is 5.99. The molecule has 1 amide bonds. The second-order valence-electron chi connectivity index (χ2n) is 6.75. The van der Waals surface area contributed by atoms with Crippen molar-refractivity contribution in [1.82, 2.24) is 30.7 Å². The molecule has 33 heavy (non-hydrogen) atoms. The van der Waals surface area contributed by atoms with Crippen LogP contribution in [-0.4, -0.2) is 37.4 Å². The van der Waals surface area contributed by atoms with Gasteiger partial charge in [0.05, 0.1) is 17.2 Å². The Balaban J connectivity index is 1.47. The summed E-state index contributed by atoms with van der Waals surface area (Å²) in [6.07, 6.45) is 2.47. The number of amides is 1. The van der Waals surface area contributed by atoms with Crippen molar-refractivity contribution in [1.29, 1.82) is 0 Å². The van der Waals surface area contributed by atoms with E-state index < -0.39 is 5.91 Å². The van der Waals surface area contributed by atoms with Gasteiger partial charge in [-0.05, 0) is 22.4 Å². The third-order valence-electron chi connectivity index (χ3n) is 4.71. The zero-order chi connectivity index (χ0) is 22.8. The Hall–Kier alpha value is -5.13. The summed E-state index contributed by atoms with van der Waals surface area (Å²) in [4.78, 5) is 25.4. The van der Waals surface area contributed by atoms with E-state index in [0.29, 0.717) is 22.2 Å². The van der Waals surface area contributed by atoms with E-state index in [2.05, 4.69) is 35.8 Å². The third kappa shape index (κ3) is 3.61. The van der Waals surface area contributed by atoms with Gasteiger partial charge >= 0.3 is 0 Å². The van der Waals surface area contributed by atoms with Crippen LogP contribution in [0, 0.1) is 0 Å². The second kappa shape index (κ2) is 8.19. The fraction of sp³-hybridized carbons (Fsp3) is 0. The summed E-state index contributed by atoms with van der Waals surface area (Å²) in [7, 11) is 0. The van der Waals surface area contributed by atoms with E-state index in [1.165, 1.54) is 17.2 Å². The lowest BCUT2D eigenvalue weighted by atomic mass is 10.1. The first kappa shape index (κ1) is 19.8. The number of aromatic nitrogens is 5. The number of carbonyl (C=O) groups excluding carboxylic acids is 1. The van der Waals surface area contributed by atoms with Crippen molar-refractivity contribution in [2.75, 3.05) is 5.73 Å². The number of nitrogen functional groups attached to an aromatic ring is 1.